The Bertz CT molecular complexity index is 515. The summed E-state index contributed by atoms with van der Waals surface area (Å²) in [5.41, 5.74) is 1.25. The number of halogens is 1. The van der Waals surface area contributed by atoms with Crippen LogP contribution in [0.15, 0.2) is 4.47 Å². The first-order valence-corrected chi connectivity index (χ1v) is 7.89. The predicted octanol–water partition coefficient (Wildman–Crippen LogP) is 2.80. The number of aryl methyl sites for hydroxylation is 2. The first-order valence-electron chi connectivity index (χ1n) is 7.10. The number of hydrogen-bond acceptors (Lipinski definition) is 3. The van der Waals surface area contributed by atoms with Crippen LogP contribution >= 0.6 is 15.9 Å². The van der Waals surface area contributed by atoms with Crippen LogP contribution in [0.3, 0.4) is 0 Å². The van der Waals surface area contributed by atoms with E-state index in [-0.39, 0.29) is 0 Å². The average molecular weight is 344 g/mol. The molecule has 0 saturated carbocycles. The Hall–Kier alpha value is -0.880. The van der Waals surface area contributed by atoms with E-state index in [9.17, 15) is 9.90 Å². The van der Waals surface area contributed by atoms with Gasteiger partial charge < -0.3 is 5.11 Å². The van der Waals surface area contributed by atoms with Crippen molar-refractivity contribution in [2.45, 2.75) is 58.7 Å². The third kappa shape index (κ3) is 2.63. The fraction of sp³-hybridized carbons (Fsp3) is 0.714. The third-order valence-electron chi connectivity index (χ3n) is 4.29. The Labute approximate surface area is 128 Å². The Morgan fingerprint density at radius 2 is 2.20 bits per heavy atom. The van der Waals surface area contributed by atoms with Gasteiger partial charge in [0.2, 0.25) is 0 Å². The highest BCUT2D eigenvalue weighted by molar-refractivity contribution is 9.10. The first-order chi connectivity index (χ1) is 9.40. The summed E-state index contributed by atoms with van der Waals surface area (Å²) in [6, 6.07) is 0. The van der Waals surface area contributed by atoms with Gasteiger partial charge in [-0.05, 0) is 62.5 Å². The van der Waals surface area contributed by atoms with E-state index >= 15 is 0 Å². The highest BCUT2D eigenvalue weighted by Crippen LogP contribution is 2.32. The van der Waals surface area contributed by atoms with E-state index in [0.29, 0.717) is 13.0 Å². The van der Waals surface area contributed by atoms with Gasteiger partial charge in [-0.1, -0.05) is 0 Å². The molecule has 2 heterocycles. The van der Waals surface area contributed by atoms with Crippen molar-refractivity contribution in [3.8, 4) is 0 Å². The van der Waals surface area contributed by atoms with Crippen LogP contribution in [0.1, 0.15) is 44.5 Å². The Morgan fingerprint density at radius 1 is 1.50 bits per heavy atom. The Kier molecular flexibility index (Phi) is 4.54. The molecule has 2 rings (SSSR count). The summed E-state index contributed by atoms with van der Waals surface area (Å²) in [6.07, 6.45) is 2.74. The van der Waals surface area contributed by atoms with Gasteiger partial charge in [-0.2, -0.15) is 5.10 Å². The van der Waals surface area contributed by atoms with E-state index < -0.39 is 11.5 Å². The van der Waals surface area contributed by atoms with Crippen LogP contribution in [0.4, 0.5) is 0 Å². The number of aromatic nitrogens is 2. The number of nitrogens with zero attached hydrogens (tertiary/aromatic N) is 3. The number of rotatable bonds is 4. The highest BCUT2D eigenvalue weighted by Gasteiger charge is 2.41. The normalized spacial score (nSPS) is 24.0. The summed E-state index contributed by atoms with van der Waals surface area (Å²) in [5, 5.41) is 14.1. The fourth-order valence-corrected chi connectivity index (χ4v) is 3.28. The zero-order valence-electron chi connectivity index (χ0n) is 12.3. The smallest absolute Gasteiger partial charge is 0.323 e. The van der Waals surface area contributed by atoms with Crippen molar-refractivity contribution in [1.29, 1.82) is 0 Å². The van der Waals surface area contributed by atoms with Crippen LogP contribution in [0.2, 0.25) is 0 Å². The number of piperidine rings is 1. The number of carboxylic acid groups (broad SMARTS) is 1. The first kappa shape index (κ1) is 15.5. The van der Waals surface area contributed by atoms with Gasteiger partial charge in [-0.15, -0.1) is 0 Å². The second-order valence-electron chi connectivity index (χ2n) is 5.62. The van der Waals surface area contributed by atoms with E-state index in [4.69, 9.17) is 0 Å². The van der Waals surface area contributed by atoms with Crippen LogP contribution in [-0.2, 0) is 17.9 Å². The molecule has 1 N–H and O–H groups in total. The molecule has 0 aromatic carbocycles. The van der Waals surface area contributed by atoms with Crippen LogP contribution < -0.4 is 0 Å². The Morgan fingerprint density at radius 3 is 2.80 bits per heavy atom. The van der Waals surface area contributed by atoms with E-state index in [2.05, 4.69) is 32.9 Å². The number of likely N-dealkylation sites (tertiary alicyclic amines) is 1. The maximum atomic E-state index is 11.6. The molecule has 1 fully saturated rings. The number of hydrogen-bond donors (Lipinski definition) is 1. The minimum Gasteiger partial charge on any atom is -0.480 e. The van der Waals surface area contributed by atoms with Crippen molar-refractivity contribution in [3.63, 3.8) is 0 Å². The van der Waals surface area contributed by atoms with E-state index in [0.717, 1.165) is 41.8 Å². The monoisotopic (exact) mass is 343 g/mol. The summed E-state index contributed by atoms with van der Waals surface area (Å²) in [6.45, 7) is 8.09. The lowest BCUT2D eigenvalue weighted by Gasteiger charge is -2.41. The summed E-state index contributed by atoms with van der Waals surface area (Å²) < 4.78 is 2.95. The molecule has 1 aliphatic heterocycles. The van der Waals surface area contributed by atoms with Gasteiger partial charge >= 0.3 is 5.97 Å². The molecule has 0 amide bonds. The van der Waals surface area contributed by atoms with Crippen molar-refractivity contribution in [2.24, 2.45) is 0 Å². The van der Waals surface area contributed by atoms with E-state index in [1.807, 2.05) is 18.5 Å². The van der Waals surface area contributed by atoms with Gasteiger partial charge in [-0.25, -0.2) is 0 Å². The van der Waals surface area contributed by atoms with Crippen LogP contribution in [0, 0.1) is 6.92 Å². The standard InChI is InChI=1S/C14H22BrN3O2/c1-4-18-11(12(15)10(2)16-18)9-17-8-6-5-7-14(17,3)13(19)20/h4-9H2,1-3H3,(H,19,20). The topological polar surface area (TPSA) is 58.4 Å². The van der Waals surface area contributed by atoms with Gasteiger partial charge in [0.15, 0.2) is 0 Å². The summed E-state index contributed by atoms with van der Waals surface area (Å²) in [7, 11) is 0. The van der Waals surface area contributed by atoms with Crippen molar-refractivity contribution >= 4 is 21.9 Å². The highest BCUT2D eigenvalue weighted by atomic mass is 79.9. The molecule has 1 unspecified atom stereocenters. The molecule has 5 nitrogen and oxygen atoms in total. The van der Waals surface area contributed by atoms with Crippen LogP contribution in [-0.4, -0.2) is 37.8 Å². The van der Waals surface area contributed by atoms with Crippen LogP contribution in [0.25, 0.3) is 0 Å². The lowest BCUT2D eigenvalue weighted by molar-refractivity contribution is -0.153. The Balaban J connectivity index is 2.30. The molecule has 1 atom stereocenters. The third-order valence-corrected chi connectivity index (χ3v) is 5.33. The van der Waals surface area contributed by atoms with Crippen molar-refractivity contribution in [3.05, 3.63) is 15.9 Å². The van der Waals surface area contributed by atoms with Gasteiger partial charge in [0, 0.05) is 13.1 Å². The summed E-state index contributed by atoms with van der Waals surface area (Å²) >= 11 is 3.59. The minimum atomic E-state index is -0.769. The van der Waals surface area contributed by atoms with Gasteiger partial charge in [0.1, 0.15) is 5.54 Å². The number of aliphatic carboxylic acids is 1. The maximum absolute atomic E-state index is 11.6. The van der Waals surface area contributed by atoms with E-state index in [1.54, 1.807) is 0 Å². The molecule has 0 bridgehead atoms. The molecule has 20 heavy (non-hydrogen) atoms. The molecule has 0 aliphatic carbocycles. The quantitative estimate of drug-likeness (QED) is 0.913. The summed E-state index contributed by atoms with van der Waals surface area (Å²) in [5.74, 6) is -0.729. The molecule has 6 heteroatoms. The van der Waals surface area contributed by atoms with Crippen molar-refractivity contribution in [1.82, 2.24) is 14.7 Å². The minimum absolute atomic E-state index is 0.623. The maximum Gasteiger partial charge on any atom is 0.323 e. The SMILES string of the molecule is CCn1nc(C)c(Br)c1CN1CCCCC1(C)C(=O)O. The molecule has 112 valence electrons. The zero-order chi connectivity index (χ0) is 14.9. The largest absolute Gasteiger partial charge is 0.480 e. The molecular weight excluding hydrogens is 322 g/mol. The molecule has 0 spiro atoms. The van der Waals surface area contributed by atoms with Crippen molar-refractivity contribution in [2.75, 3.05) is 6.54 Å². The van der Waals surface area contributed by atoms with Gasteiger partial charge in [0.05, 0.1) is 15.9 Å². The van der Waals surface area contributed by atoms with Crippen molar-refractivity contribution < 1.29 is 9.90 Å². The number of carbonyl (C=O) groups is 1. The molecular formula is C14H22BrN3O2. The predicted molar refractivity (Wildman–Crippen MR) is 80.6 cm³/mol. The van der Waals surface area contributed by atoms with E-state index in [1.165, 1.54) is 0 Å². The second kappa shape index (κ2) is 5.85. The summed E-state index contributed by atoms with van der Waals surface area (Å²) in [4.78, 5) is 13.7. The molecule has 0 radical (unpaired) electrons. The van der Waals surface area contributed by atoms with Gasteiger partial charge in [0.25, 0.3) is 0 Å². The number of carboxylic acids is 1. The van der Waals surface area contributed by atoms with Crippen LogP contribution in [0.5, 0.6) is 0 Å². The zero-order valence-corrected chi connectivity index (χ0v) is 13.9. The van der Waals surface area contributed by atoms with Gasteiger partial charge in [-0.3, -0.25) is 14.4 Å². The molecule has 1 aliphatic rings. The molecule has 1 aromatic heterocycles. The lowest BCUT2D eigenvalue weighted by Crippen LogP contribution is -2.54. The molecule has 1 aromatic rings. The molecule has 1 saturated heterocycles. The fourth-order valence-electron chi connectivity index (χ4n) is 2.87. The lowest BCUT2D eigenvalue weighted by atomic mass is 9.88. The average Bonchev–Trinajstić information content (AvgIpc) is 2.68. The second-order valence-corrected chi connectivity index (χ2v) is 6.41.